The van der Waals surface area contributed by atoms with Crippen molar-refractivity contribution in [3.8, 4) is 5.75 Å². The predicted octanol–water partition coefficient (Wildman–Crippen LogP) is 3.21. The summed E-state index contributed by atoms with van der Waals surface area (Å²) in [7, 11) is 4.32. The van der Waals surface area contributed by atoms with Gasteiger partial charge in [-0.05, 0) is 76.9 Å². The Morgan fingerprint density at radius 2 is 1.92 bits per heavy atom. The molecule has 0 spiro atoms. The molecule has 146 valence electrons. The molecule has 1 saturated heterocycles. The summed E-state index contributed by atoms with van der Waals surface area (Å²) in [5.41, 5.74) is 1.26. The average Bonchev–Trinajstić information content (AvgIpc) is 2.64. The van der Waals surface area contributed by atoms with Gasteiger partial charge in [0.2, 0.25) is 0 Å². The number of hydrogen-bond acceptors (Lipinski definition) is 3. The third kappa shape index (κ3) is 6.87. The number of likely N-dealkylation sites (tertiary alicyclic amines) is 1. The topological polar surface area (TPSA) is 40.1 Å². The summed E-state index contributed by atoms with van der Waals surface area (Å²) < 4.78 is 5.52. The fourth-order valence-corrected chi connectivity index (χ4v) is 3.38. The molecule has 1 aliphatic rings. The Balaban J connectivity index is 1.85. The lowest BCUT2D eigenvalue weighted by Gasteiger charge is -2.28. The first kappa shape index (κ1) is 20.6. The number of nitrogens with one attached hydrogen (secondary N) is 1. The summed E-state index contributed by atoms with van der Waals surface area (Å²) in [6.07, 6.45) is 3.81. The van der Waals surface area contributed by atoms with Crippen LogP contribution < -0.4 is 10.1 Å². The molecule has 2 rings (SSSR count). The molecule has 5 heteroatoms. The number of aliphatic imine (C=N–C) groups is 1. The van der Waals surface area contributed by atoms with Crippen LogP contribution in [0.25, 0.3) is 0 Å². The minimum atomic E-state index is 0.702. The smallest absolute Gasteiger partial charge is 0.193 e. The highest BCUT2D eigenvalue weighted by Crippen LogP contribution is 2.19. The van der Waals surface area contributed by atoms with Crippen LogP contribution in [-0.2, 0) is 6.54 Å². The van der Waals surface area contributed by atoms with Crippen molar-refractivity contribution in [2.75, 3.05) is 46.9 Å². The van der Waals surface area contributed by atoms with Gasteiger partial charge in [-0.15, -0.1) is 0 Å². The molecular formula is C21H36N4O. The van der Waals surface area contributed by atoms with E-state index >= 15 is 0 Å². The number of rotatable bonds is 8. The minimum absolute atomic E-state index is 0.702. The van der Waals surface area contributed by atoms with Crippen LogP contribution in [0.3, 0.4) is 0 Å². The molecule has 0 saturated carbocycles. The van der Waals surface area contributed by atoms with Gasteiger partial charge in [-0.2, -0.15) is 0 Å². The molecule has 1 aliphatic heterocycles. The Morgan fingerprint density at radius 1 is 1.23 bits per heavy atom. The molecule has 1 fully saturated rings. The van der Waals surface area contributed by atoms with Crippen molar-refractivity contribution in [2.45, 2.75) is 39.7 Å². The van der Waals surface area contributed by atoms with E-state index in [0.717, 1.165) is 37.3 Å². The second-order valence-electron chi connectivity index (χ2n) is 7.20. The van der Waals surface area contributed by atoms with Crippen LogP contribution in [-0.4, -0.2) is 62.6 Å². The van der Waals surface area contributed by atoms with Crippen LogP contribution in [0.4, 0.5) is 0 Å². The van der Waals surface area contributed by atoms with Crippen LogP contribution in [0.1, 0.15) is 38.7 Å². The molecule has 1 N–H and O–H groups in total. The second kappa shape index (κ2) is 11.1. The van der Waals surface area contributed by atoms with Crippen molar-refractivity contribution in [1.29, 1.82) is 0 Å². The van der Waals surface area contributed by atoms with Gasteiger partial charge in [-0.3, -0.25) is 4.99 Å². The molecule has 0 aliphatic carbocycles. The lowest BCUT2D eigenvalue weighted by molar-refractivity contribution is 0.214. The molecule has 0 unspecified atom stereocenters. The van der Waals surface area contributed by atoms with Crippen molar-refractivity contribution in [3.63, 3.8) is 0 Å². The van der Waals surface area contributed by atoms with Crippen LogP contribution >= 0.6 is 0 Å². The SMILES string of the molecule is CCNC(=NCCC1CCN(C)CC1)N(C)Cc1ccc(OCC)cc1. The summed E-state index contributed by atoms with van der Waals surface area (Å²) in [5.74, 6) is 2.75. The molecule has 5 nitrogen and oxygen atoms in total. The van der Waals surface area contributed by atoms with E-state index in [1.165, 1.54) is 37.9 Å². The van der Waals surface area contributed by atoms with E-state index in [9.17, 15) is 0 Å². The van der Waals surface area contributed by atoms with Crippen LogP contribution in [0, 0.1) is 5.92 Å². The van der Waals surface area contributed by atoms with Crippen molar-refractivity contribution in [1.82, 2.24) is 15.1 Å². The highest BCUT2D eigenvalue weighted by atomic mass is 16.5. The van der Waals surface area contributed by atoms with E-state index in [-0.39, 0.29) is 0 Å². The minimum Gasteiger partial charge on any atom is -0.494 e. The van der Waals surface area contributed by atoms with Crippen LogP contribution in [0.15, 0.2) is 29.3 Å². The van der Waals surface area contributed by atoms with E-state index in [2.05, 4.69) is 48.3 Å². The Kier molecular flexibility index (Phi) is 8.75. The maximum Gasteiger partial charge on any atom is 0.193 e. The van der Waals surface area contributed by atoms with Gasteiger partial charge in [-0.1, -0.05) is 12.1 Å². The van der Waals surface area contributed by atoms with Crippen molar-refractivity contribution in [3.05, 3.63) is 29.8 Å². The maximum absolute atomic E-state index is 5.52. The van der Waals surface area contributed by atoms with Gasteiger partial charge >= 0.3 is 0 Å². The van der Waals surface area contributed by atoms with E-state index in [0.29, 0.717) is 6.61 Å². The first-order valence-corrected chi connectivity index (χ1v) is 10.0. The molecule has 0 atom stereocenters. The molecule has 0 bridgehead atoms. The number of hydrogen-bond donors (Lipinski definition) is 1. The molecule has 1 aromatic carbocycles. The van der Waals surface area contributed by atoms with E-state index in [4.69, 9.17) is 9.73 Å². The molecule has 1 aromatic rings. The monoisotopic (exact) mass is 360 g/mol. The molecule has 1 heterocycles. The van der Waals surface area contributed by atoms with E-state index in [1.54, 1.807) is 0 Å². The van der Waals surface area contributed by atoms with Crippen molar-refractivity contribution in [2.24, 2.45) is 10.9 Å². The highest BCUT2D eigenvalue weighted by Gasteiger charge is 2.16. The zero-order valence-corrected chi connectivity index (χ0v) is 17.0. The number of piperidine rings is 1. The molecule has 0 radical (unpaired) electrons. The number of ether oxygens (including phenoxy) is 1. The standard InChI is InChI=1S/C21H36N4O/c1-5-22-21(23-14-11-18-12-15-24(3)16-13-18)25(4)17-19-7-9-20(10-8-19)26-6-2/h7-10,18H,5-6,11-17H2,1-4H3,(H,22,23). The second-order valence-corrected chi connectivity index (χ2v) is 7.20. The normalized spacial score (nSPS) is 16.5. The van der Waals surface area contributed by atoms with Gasteiger partial charge < -0.3 is 19.9 Å². The Labute approximate surface area is 159 Å². The lowest BCUT2D eigenvalue weighted by atomic mass is 9.94. The number of guanidine groups is 1. The van der Waals surface area contributed by atoms with Gasteiger partial charge in [0.05, 0.1) is 6.61 Å². The Bertz CT molecular complexity index is 535. The number of benzene rings is 1. The van der Waals surface area contributed by atoms with Gasteiger partial charge in [0.25, 0.3) is 0 Å². The quantitative estimate of drug-likeness (QED) is 0.571. The Morgan fingerprint density at radius 3 is 2.54 bits per heavy atom. The third-order valence-corrected chi connectivity index (χ3v) is 4.99. The lowest BCUT2D eigenvalue weighted by Crippen LogP contribution is -2.38. The van der Waals surface area contributed by atoms with E-state index < -0.39 is 0 Å². The summed E-state index contributed by atoms with van der Waals surface area (Å²) in [6.45, 7) is 9.92. The summed E-state index contributed by atoms with van der Waals surface area (Å²) in [6, 6.07) is 8.33. The molecular weight excluding hydrogens is 324 g/mol. The van der Waals surface area contributed by atoms with Gasteiger partial charge in [0.15, 0.2) is 5.96 Å². The first-order valence-electron chi connectivity index (χ1n) is 10.0. The average molecular weight is 361 g/mol. The fraction of sp³-hybridized carbons (Fsp3) is 0.667. The van der Waals surface area contributed by atoms with E-state index in [1.807, 2.05) is 19.1 Å². The third-order valence-electron chi connectivity index (χ3n) is 4.99. The highest BCUT2D eigenvalue weighted by molar-refractivity contribution is 5.79. The number of nitrogens with zero attached hydrogens (tertiary/aromatic N) is 3. The molecule has 26 heavy (non-hydrogen) atoms. The predicted molar refractivity (Wildman–Crippen MR) is 110 cm³/mol. The van der Waals surface area contributed by atoms with Crippen LogP contribution in [0.5, 0.6) is 5.75 Å². The van der Waals surface area contributed by atoms with Gasteiger partial charge in [-0.25, -0.2) is 0 Å². The maximum atomic E-state index is 5.52. The Hall–Kier alpha value is -1.75. The zero-order valence-electron chi connectivity index (χ0n) is 17.0. The van der Waals surface area contributed by atoms with Crippen LogP contribution in [0.2, 0.25) is 0 Å². The molecule has 0 amide bonds. The summed E-state index contributed by atoms with van der Waals surface area (Å²) in [5, 5.41) is 3.42. The molecule has 0 aromatic heterocycles. The zero-order chi connectivity index (χ0) is 18.8. The largest absolute Gasteiger partial charge is 0.494 e. The summed E-state index contributed by atoms with van der Waals surface area (Å²) in [4.78, 5) is 9.49. The summed E-state index contributed by atoms with van der Waals surface area (Å²) >= 11 is 0. The van der Waals surface area contributed by atoms with Gasteiger partial charge in [0, 0.05) is 26.7 Å². The van der Waals surface area contributed by atoms with Gasteiger partial charge in [0.1, 0.15) is 5.75 Å². The van der Waals surface area contributed by atoms with Crippen molar-refractivity contribution >= 4 is 5.96 Å². The fourth-order valence-electron chi connectivity index (χ4n) is 3.38. The van der Waals surface area contributed by atoms with Crippen molar-refractivity contribution < 1.29 is 4.74 Å². The first-order chi connectivity index (χ1) is 12.6.